The lowest BCUT2D eigenvalue weighted by Crippen LogP contribution is -2.50. The molecule has 1 saturated carbocycles. The van der Waals surface area contributed by atoms with Crippen LogP contribution >= 0.6 is 0 Å². The highest BCUT2D eigenvalue weighted by atomic mass is 16.4. The van der Waals surface area contributed by atoms with Gasteiger partial charge in [0.15, 0.2) is 0 Å². The minimum absolute atomic E-state index is 0.0545. The molecular formula is C21H26N2O4. The van der Waals surface area contributed by atoms with E-state index in [0.29, 0.717) is 31.1 Å². The van der Waals surface area contributed by atoms with Gasteiger partial charge in [-0.2, -0.15) is 0 Å². The highest BCUT2D eigenvalue weighted by Crippen LogP contribution is 2.43. The Bertz CT molecular complexity index is 735. The van der Waals surface area contributed by atoms with Crippen molar-refractivity contribution in [3.05, 3.63) is 35.9 Å². The van der Waals surface area contributed by atoms with E-state index in [-0.39, 0.29) is 23.7 Å². The largest absolute Gasteiger partial charge is 0.480 e. The number of hydrogen-bond acceptors (Lipinski definition) is 3. The van der Waals surface area contributed by atoms with Gasteiger partial charge in [-0.15, -0.1) is 0 Å². The number of nitrogens with zero attached hydrogens (tertiary/aromatic N) is 2. The number of carbonyl (C=O) groups excluding carboxylic acids is 2. The lowest BCUT2D eigenvalue weighted by molar-refractivity contribution is -0.152. The molecule has 0 spiro atoms. The molecule has 2 amide bonds. The Hall–Kier alpha value is -2.37. The molecule has 2 saturated heterocycles. The molecule has 4 unspecified atom stereocenters. The molecule has 144 valence electrons. The van der Waals surface area contributed by atoms with E-state index in [4.69, 9.17) is 0 Å². The molecule has 3 fully saturated rings. The van der Waals surface area contributed by atoms with Crippen molar-refractivity contribution in [2.24, 2.45) is 17.8 Å². The van der Waals surface area contributed by atoms with Crippen molar-refractivity contribution >= 4 is 17.8 Å². The van der Waals surface area contributed by atoms with Gasteiger partial charge >= 0.3 is 5.97 Å². The second kappa shape index (κ2) is 7.33. The Kier molecular flexibility index (Phi) is 4.89. The number of carbonyl (C=O) groups is 3. The minimum Gasteiger partial charge on any atom is -0.480 e. The molecule has 0 radical (unpaired) electrons. The summed E-state index contributed by atoms with van der Waals surface area (Å²) in [4.78, 5) is 41.1. The average molecular weight is 370 g/mol. The number of benzene rings is 1. The predicted octanol–water partition coefficient (Wildman–Crippen LogP) is 2.25. The van der Waals surface area contributed by atoms with Crippen LogP contribution in [0.2, 0.25) is 0 Å². The summed E-state index contributed by atoms with van der Waals surface area (Å²) < 4.78 is 0. The van der Waals surface area contributed by atoms with Crippen LogP contribution in [0.1, 0.15) is 42.5 Å². The van der Waals surface area contributed by atoms with Crippen molar-refractivity contribution in [1.29, 1.82) is 0 Å². The van der Waals surface area contributed by atoms with Crippen LogP contribution in [0.4, 0.5) is 0 Å². The summed E-state index contributed by atoms with van der Waals surface area (Å²) in [6.45, 7) is 1.58. The first-order chi connectivity index (χ1) is 13.1. The molecule has 2 heterocycles. The number of carboxylic acid groups (broad SMARTS) is 1. The van der Waals surface area contributed by atoms with Gasteiger partial charge in [0.2, 0.25) is 5.91 Å². The fraction of sp³-hybridized carbons (Fsp3) is 0.571. The highest BCUT2D eigenvalue weighted by molar-refractivity contribution is 5.95. The Morgan fingerprint density at radius 1 is 0.963 bits per heavy atom. The van der Waals surface area contributed by atoms with Gasteiger partial charge in [-0.1, -0.05) is 24.6 Å². The summed E-state index contributed by atoms with van der Waals surface area (Å²) in [5.41, 5.74) is 0.629. The number of amides is 2. The van der Waals surface area contributed by atoms with Gasteiger partial charge in [0.25, 0.3) is 5.91 Å². The normalized spacial score (nSPS) is 30.2. The molecular weight excluding hydrogens is 344 g/mol. The van der Waals surface area contributed by atoms with Crippen LogP contribution in [-0.4, -0.2) is 58.4 Å². The van der Waals surface area contributed by atoms with Gasteiger partial charge in [-0.3, -0.25) is 9.59 Å². The average Bonchev–Trinajstić information content (AvgIpc) is 3.28. The zero-order chi connectivity index (χ0) is 19.0. The summed E-state index contributed by atoms with van der Waals surface area (Å²) in [5, 5.41) is 9.71. The van der Waals surface area contributed by atoms with E-state index in [9.17, 15) is 19.5 Å². The summed E-state index contributed by atoms with van der Waals surface area (Å²) >= 11 is 0. The van der Waals surface area contributed by atoms with Crippen molar-refractivity contribution in [2.75, 3.05) is 19.6 Å². The Morgan fingerprint density at radius 2 is 1.74 bits per heavy atom. The van der Waals surface area contributed by atoms with Crippen LogP contribution in [0.25, 0.3) is 0 Å². The Morgan fingerprint density at radius 3 is 2.48 bits per heavy atom. The van der Waals surface area contributed by atoms with Crippen molar-refractivity contribution in [2.45, 2.75) is 38.1 Å². The highest BCUT2D eigenvalue weighted by Gasteiger charge is 2.50. The van der Waals surface area contributed by atoms with Crippen LogP contribution in [-0.2, 0) is 9.59 Å². The maximum Gasteiger partial charge on any atom is 0.326 e. The van der Waals surface area contributed by atoms with Crippen molar-refractivity contribution < 1.29 is 19.5 Å². The standard InChI is InChI=1S/C21H26N2O4/c24-19(14-6-2-1-3-7-14)22-11-5-9-16(12-22)20(25)23-13-15-8-4-10-17(15)18(23)21(26)27/h1-3,6-7,15-18H,4-5,8-13H2,(H,26,27). The number of piperidine rings is 1. The van der Waals surface area contributed by atoms with E-state index in [0.717, 1.165) is 32.1 Å². The lowest BCUT2D eigenvalue weighted by atomic mass is 9.93. The molecule has 2 aliphatic heterocycles. The van der Waals surface area contributed by atoms with Crippen molar-refractivity contribution in [3.63, 3.8) is 0 Å². The van der Waals surface area contributed by atoms with E-state index in [1.807, 2.05) is 18.2 Å². The van der Waals surface area contributed by atoms with Crippen molar-refractivity contribution in [1.82, 2.24) is 9.80 Å². The van der Waals surface area contributed by atoms with E-state index in [1.165, 1.54) is 0 Å². The van der Waals surface area contributed by atoms with Crippen LogP contribution in [0, 0.1) is 17.8 Å². The third-order valence-corrected chi connectivity index (χ3v) is 6.51. The minimum atomic E-state index is -0.884. The molecule has 6 heteroatoms. The molecule has 4 rings (SSSR count). The zero-order valence-corrected chi connectivity index (χ0v) is 15.4. The molecule has 1 aliphatic carbocycles. The quantitative estimate of drug-likeness (QED) is 0.885. The third-order valence-electron chi connectivity index (χ3n) is 6.51. The third kappa shape index (κ3) is 3.33. The zero-order valence-electron chi connectivity index (χ0n) is 15.4. The molecule has 1 N–H and O–H groups in total. The second-order valence-electron chi connectivity index (χ2n) is 8.08. The number of likely N-dealkylation sites (tertiary alicyclic amines) is 2. The summed E-state index contributed by atoms with van der Waals surface area (Å²) in [6, 6.07) is 8.42. The first kappa shape index (κ1) is 18.0. The monoisotopic (exact) mass is 370 g/mol. The molecule has 1 aromatic carbocycles. The fourth-order valence-electron chi connectivity index (χ4n) is 5.21. The molecule has 0 aromatic heterocycles. The number of rotatable bonds is 3. The van der Waals surface area contributed by atoms with Gasteiger partial charge in [0.05, 0.1) is 5.92 Å². The molecule has 4 atom stereocenters. The van der Waals surface area contributed by atoms with Gasteiger partial charge < -0.3 is 14.9 Å². The lowest BCUT2D eigenvalue weighted by Gasteiger charge is -2.35. The smallest absolute Gasteiger partial charge is 0.326 e. The topological polar surface area (TPSA) is 77.9 Å². The number of hydrogen-bond donors (Lipinski definition) is 1. The predicted molar refractivity (Wildman–Crippen MR) is 99.0 cm³/mol. The van der Waals surface area contributed by atoms with Gasteiger partial charge in [0.1, 0.15) is 6.04 Å². The molecule has 3 aliphatic rings. The fourth-order valence-corrected chi connectivity index (χ4v) is 5.21. The van der Waals surface area contributed by atoms with Crippen LogP contribution in [0.15, 0.2) is 30.3 Å². The second-order valence-corrected chi connectivity index (χ2v) is 8.08. The SMILES string of the molecule is O=C(O)C1C2CCCC2CN1C(=O)C1CCCN(C(=O)c2ccccc2)C1. The number of carboxylic acids is 1. The Labute approximate surface area is 159 Å². The Balaban J connectivity index is 1.47. The summed E-state index contributed by atoms with van der Waals surface area (Å²) in [6.07, 6.45) is 4.46. The molecule has 1 aromatic rings. The number of aliphatic carboxylic acids is 1. The molecule has 27 heavy (non-hydrogen) atoms. The van der Waals surface area contributed by atoms with Gasteiger partial charge in [-0.05, 0) is 49.7 Å². The van der Waals surface area contributed by atoms with Crippen LogP contribution < -0.4 is 0 Å². The van der Waals surface area contributed by atoms with Crippen LogP contribution in [0.5, 0.6) is 0 Å². The van der Waals surface area contributed by atoms with E-state index in [1.54, 1.807) is 21.9 Å². The van der Waals surface area contributed by atoms with Crippen LogP contribution in [0.3, 0.4) is 0 Å². The number of fused-ring (bicyclic) bond motifs is 1. The first-order valence-corrected chi connectivity index (χ1v) is 9.94. The summed E-state index contributed by atoms with van der Waals surface area (Å²) in [5.74, 6) is -0.904. The first-order valence-electron chi connectivity index (χ1n) is 9.94. The van der Waals surface area contributed by atoms with E-state index < -0.39 is 12.0 Å². The molecule has 0 bridgehead atoms. The van der Waals surface area contributed by atoms with E-state index in [2.05, 4.69) is 0 Å². The maximum atomic E-state index is 13.2. The van der Waals surface area contributed by atoms with Gasteiger partial charge in [-0.25, -0.2) is 4.79 Å². The van der Waals surface area contributed by atoms with Gasteiger partial charge in [0, 0.05) is 25.2 Å². The summed E-state index contributed by atoms with van der Waals surface area (Å²) in [7, 11) is 0. The van der Waals surface area contributed by atoms with E-state index >= 15 is 0 Å². The van der Waals surface area contributed by atoms with Crippen molar-refractivity contribution in [3.8, 4) is 0 Å². The molecule has 6 nitrogen and oxygen atoms in total. The maximum absolute atomic E-state index is 13.2.